The lowest BCUT2D eigenvalue weighted by molar-refractivity contribution is 0.415. The van der Waals surface area contributed by atoms with Crippen molar-refractivity contribution in [2.45, 2.75) is 0 Å². The van der Waals surface area contributed by atoms with Crippen molar-refractivity contribution in [1.82, 2.24) is 4.98 Å². The lowest BCUT2D eigenvalue weighted by Gasteiger charge is -2.20. The molecule has 0 aliphatic rings. The summed E-state index contributed by atoms with van der Waals surface area (Å²) in [6.07, 6.45) is 0. The summed E-state index contributed by atoms with van der Waals surface area (Å²) in [5.41, 5.74) is 0.714. The monoisotopic (exact) mass is 279 g/mol. The second kappa shape index (κ2) is 5.73. The fourth-order valence-electron chi connectivity index (χ4n) is 1.80. The predicted octanol–water partition coefficient (Wildman–Crippen LogP) is 3.18. The van der Waals surface area contributed by atoms with E-state index in [9.17, 15) is 8.78 Å². The molecule has 20 heavy (non-hydrogen) atoms. The average Bonchev–Trinajstić information content (AvgIpc) is 2.47. The highest BCUT2D eigenvalue weighted by atomic mass is 19.1. The topological polar surface area (TPSA) is 37.4 Å². The van der Waals surface area contributed by atoms with Crippen molar-refractivity contribution in [2.75, 3.05) is 31.4 Å². The van der Waals surface area contributed by atoms with Gasteiger partial charge < -0.3 is 15.0 Å². The van der Waals surface area contributed by atoms with Gasteiger partial charge in [0.2, 0.25) is 0 Å². The fourth-order valence-corrected chi connectivity index (χ4v) is 1.80. The maximum Gasteiger partial charge on any atom is 0.171 e. The summed E-state index contributed by atoms with van der Waals surface area (Å²) < 4.78 is 32.3. The predicted molar refractivity (Wildman–Crippen MR) is 74.8 cm³/mol. The highest BCUT2D eigenvalue weighted by molar-refractivity contribution is 5.62. The Kier molecular flexibility index (Phi) is 4.02. The van der Waals surface area contributed by atoms with Gasteiger partial charge in [0.05, 0.1) is 7.11 Å². The molecule has 6 heteroatoms. The van der Waals surface area contributed by atoms with Gasteiger partial charge in [-0.25, -0.2) is 13.8 Å². The standard InChI is InChI=1S/C14H15F2N3O/c1-17-13-11(15)8-12(16)14(18-13)19(2)9-4-6-10(20-3)7-5-9/h4-8H,1-3H3,(H,17,18). The first-order valence-electron chi connectivity index (χ1n) is 5.98. The van der Waals surface area contributed by atoms with Gasteiger partial charge in [0.15, 0.2) is 23.3 Å². The first kappa shape index (κ1) is 14.0. The second-order valence-electron chi connectivity index (χ2n) is 4.13. The number of hydrogen-bond acceptors (Lipinski definition) is 4. The zero-order chi connectivity index (χ0) is 14.7. The minimum Gasteiger partial charge on any atom is -0.497 e. The number of pyridine rings is 1. The Hall–Kier alpha value is -2.37. The summed E-state index contributed by atoms with van der Waals surface area (Å²) in [6.45, 7) is 0. The smallest absolute Gasteiger partial charge is 0.171 e. The van der Waals surface area contributed by atoms with Gasteiger partial charge >= 0.3 is 0 Å². The van der Waals surface area contributed by atoms with Gasteiger partial charge in [0, 0.05) is 25.8 Å². The molecule has 0 aliphatic heterocycles. The molecule has 4 nitrogen and oxygen atoms in total. The number of nitrogens with zero attached hydrogens (tertiary/aromatic N) is 2. The van der Waals surface area contributed by atoms with Crippen molar-refractivity contribution in [1.29, 1.82) is 0 Å². The van der Waals surface area contributed by atoms with Crippen LogP contribution in [0.2, 0.25) is 0 Å². The van der Waals surface area contributed by atoms with E-state index in [0.717, 1.165) is 6.07 Å². The van der Waals surface area contributed by atoms with Crippen molar-refractivity contribution in [3.05, 3.63) is 42.0 Å². The molecule has 0 unspecified atom stereocenters. The van der Waals surface area contributed by atoms with Crippen LogP contribution in [0.4, 0.5) is 26.1 Å². The maximum absolute atomic E-state index is 13.9. The molecule has 0 atom stereocenters. The molecule has 0 spiro atoms. The van der Waals surface area contributed by atoms with Crippen LogP contribution >= 0.6 is 0 Å². The molecule has 1 heterocycles. The van der Waals surface area contributed by atoms with Crippen molar-refractivity contribution < 1.29 is 13.5 Å². The van der Waals surface area contributed by atoms with Crippen molar-refractivity contribution in [2.24, 2.45) is 0 Å². The third-order valence-electron chi connectivity index (χ3n) is 2.93. The molecular weight excluding hydrogens is 264 g/mol. The number of rotatable bonds is 4. The van der Waals surface area contributed by atoms with Crippen LogP contribution < -0.4 is 15.0 Å². The van der Waals surface area contributed by atoms with E-state index in [1.54, 1.807) is 38.4 Å². The van der Waals surface area contributed by atoms with E-state index in [-0.39, 0.29) is 11.6 Å². The molecule has 0 radical (unpaired) electrons. The Morgan fingerprint density at radius 1 is 1.15 bits per heavy atom. The summed E-state index contributed by atoms with van der Waals surface area (Å²) in [4.78, 5) is 5.48. The van der Waals surface area contributed by atoms with Gasteiger partial charge in [-0.2, -0.15) is 0 Å². The summed E-state index contributed by atoms with van der Waals surface area (Å²) in [7, 11) is 4.75. The molecular formula is C14H15F2N3O. The van der Waals surface area contributed by atoms with Crippen LogP contribution in [0.15, 0.2) is 30.3 Å². The number of halogens is 2. The quantitative estimate of drug-likeness (QED) is 0.932. The van der Waals surface area contributed by atoms with E-state index in [2.05, 4.69) is 10.3 Å². The summed E-state index contributed by atoms with van der Waals surface area (Å²) in [5, 5.41) is 2.59. The van der Waals surface area contributed by atoms with Crippen molar-refractivity contribution >= 4 is 17.3 Å². The zero-order valence-corrected chi connectivity index (χ0v) is 11.4. The normalized spacial score (nSPS) is 10.2. The molecule has 1 aromatic heterocycles. The van der Waals surface area contributed by atoms with Gasteiger partial charge in [-0.15, -0.1) is 0 Å². The number of anilines is 3. The van der Waals surface area contributed by atoms with E-state index in [1.165, 1.54) is 11.9 Å². The third-order valence-corrected chi connectivity index (χ3v) is 2.93. The molecule has 1 aromatic carbocycles. The van der Waals surface area contributed by atoms with E-state index in [1.807, 2.05) is 0 Å². The fraction of sp³-hybridized carbons (Fsp3) is 0.214. The number of hydrogen-bond donors (Lipinski definition) is 1. The molecule has 0 amide bonds. The molecule has 1 N–H and O–H groups in total. The molecule has 0 saturated heterocycles. The zero-order valence-electron chi connectivity index (χ0n) is 11.4. The van der Waals surface area contributed by atoms with Gasteiger partial charge in [-0.05, 0) is 24.3 Å². The number of ether oxygens (including phenoxy) is 1. The van der Waals surface area contributed by atoms with Crippen LogP contribution in [-0.2, 0) is 0 Å². The minimum absolute atomic E-state index is 0.00163. The summed E-state index contributed by atoms with van der Waals surface area (Å²) >= 11 is 0. The van der Waals surface area contributed by atoms with Gasteiger partial charge in [-0.3, -0.25) is 0 Å². The van der Waals surface area contributed by atoms with Crippen LogP contribution in [0.25, 0.3) is 0 Å². The third kappa shape index (κ3) is 2.64. The van der Waals surface area contributed by atoms with Crippen LogP contribution in [0.3, 0.4) is 0 Å². The Balaban J connectivity index is 2.38. The second-order valence-corrected chi connectivity index (χ2v) is 4.13. The lowest BCUT2D eigenvalue weighted by atomic mass is 10.2. The van der Waals surface area contributed by atoms with Crippen molar-refractivity contribution in [3.8, 4) is 5.75 Å². The van der Waals surface area contributed by atoms with E-state index in [4.69, 9.17) is 4.74 Å². The maximum atomic E-state index is 13.9. The molecule has 0 fully saturated rings. The van der Waals surface area contributed by atoms with Crippen LogP contribution in [0.1, 0.15) is 0 Å². The Morgan fingerprint density at radius 2 is 1.80 bits per heavy atom. The number of aromatic nitrogens is 1. The van der Waals surface area contributed by atoms with E-state index < -0.39 is 11.6 Å². The molecule has 0 aliphatic carbocycles. The van der Waals surface area contributed by atoms with Crippen LogP contribution in [0, 0.1) is 11.6 Å². The average molecular weight is 279 g/mol. The summed E-state index contributed by atoms with van der Waals surface area (Å²) in [6, 6.07) is 7.86. The molecule has 106 valence electrons. The van der Waals surface area contributed by atoms with Gasteiger partial charge in [0.25, 0.3) is 0 Å². The lowest BCUT2D eigenvalue weighted by Crippen LogP contribution is -2.14. The Bertz CT molecular complexity index is 602. The Labute approximate surface area is 116 Å². The number of methoxy groups -OCH3 is 1. The minimum atomic E-state index is -0.725. The highest BCUT2D eigenvalue weighted by Gasteiger charge is 2.15. The van der Waals surface area contributed by atoms with Gasteiger partial charge in [0.1, 0.15) is 5.75 Å². The van der Waals surface area contributed by atoms with Crippen molar-refractivity contribution in [3.63, 3.8) is 0 Å². The first-order chi connectivity index (χ1) is 9.56. The molecule has 2 rings (SSSR count). The Morgan fingerprint density at radius 3 is 2.35 bits per heavy atom. The number of nitrogens with one attached hydrogen (secondary N) is 1. The summed E-state index contributed by atoms with van der Waals surface area (Å²) in [5.74, 6) is -0.704. The number of benzene rings is 1. The van der Waals surface area contributed by atoms with Gasteiger partial charge in [-0.1, -0.05) is 0 Å². The molecule has 2 aromatic rings. The highest BCUT2D eigenvalue weighted by Crippen LogP contribution is 2.28. The van der Waals surface area contributed by atoms with Crippen LogP contribution in [0.5, 0.6) is 5.75 Å². The molecule has 0 bridgehead atoms. The molecule has 0 saturated carbocycles. The van der Waals surface area contributed by atoms with Crippen LogP contribution in [-0.4, -0.2) is 26.2 Å². The SMILES string of the molecule is CNc1nc(N(C)c2ccc(OC)cc2)c(F)cc1F. The first-order valence-corrected chi connectivity index (χ1v) is 5.98. The van der Waals surface area contributed by atoms with E-state index >= 15 is 0 Å². The van der Waals surface area contributed by atoms with E-state index in [0.29, 0.717) is 11.4 Å². The largest absolute Gasteiger partial charge is 0.497 e.